The number of carbonyl (C=O) groups excluding carboxylic acids is 3. The van der Waals surface area contributed by atoms with E-state index in [1.54, 1.807) is 20.8 Å². The van der Waals surface area contributed by atoms with E-state index in [0.29, 0.717) is 11.5 Å². The van der Waals surface area contributed by atoms with Crippen molar-refractivity contribution in [3.8, 4) is 0 Å². The van der Waals surface area contributed by atoms with Crippen LogP contribution in [0.15, 0.2) is 0 Å². The zero-order valence-electron chi connectivity index (χ0n) is 17.9. The number of nitrogens with one attached hydrogen (secondary N) is 2. The molecule has 3 heterocycles. The molecule has 180 valence electrons. The third kappa shape index (κ3) is 4.06. The van der Waals surface area contributed by atoms with Crippen molar-refractivity contribution in [3.63, 3.8) is 0 Å². The third-order valence-corrected chi connectivity index (χ3v) is 6.68. The Morgan fingerprint density at radius 2 is 1.84 bits per heavy atom. The van der Waals surface area contributed by atoms with Crippen LogP contribution in [0.5, 0.6) is 0 Å². The smallest absolute Gasteiger partial charge is 0.418 e. The predicted molar refractivity (Wildman–Crippen MR) is 106 cm³/mol. The van der Waals surface area contributed by atoms with Gasteiger partial charge in [-0.05, 0) is 31.1 Å². The maximum absolute atomic E-state index is 13.1. The summed E-state index contributed by atoms with van der Waals surface area (Å²) in [6.07, 6.45) is -0.0838. The van der Waals surface area contributed by atoms with Crippen molar-refractivity contribution in [3.05, 3.63) is 0 Å². The summed E-state index contributed by atoms with van der Waals surface area (Å²) < 4.78 is 35.1. The molecule has 0 spiro atoms. The monoisotopic (exact) mass is 477 g/mol. The number of amides is 5. The Balaban J connectivity index is 1.70. The van der Waals surface area contributed by atoms with Gasteiger partial charge in [-0.1, -0.05) is 20.8 Å². The van der Waals surface area contributed by atoms with Gasteiger partial charge in [-0.25, -0.2) is 9.59 Å². The van der Waals surface area contributed by atoms with E-state index in [-0.39, 0.29) is 32.4 Å². The zero-order valence-corrected chi connectivity index (χ0v) is 18.7. The summed E-state index contributed by atoms with van der Waals surface area (Å²) in [6.45, 7) is 5.40. The second-order valence-corrected chi connectivity index (χ2v) is 10.1. The van der Waals surface area contributed by atoms with Crippen molar-refractivity contribution >= 4 is 34.3 Å². The molecule has 3 aliphatic rings. The Morgan fingerprint density at radius 1 is 1.19 bits per heavy atom. The average molecular weight is 477 g/mol. The van der Waals surface area contributed by atoms with E-state index in [2.05, 4.69) is 15.1 Å². The number of carboxylic acid groups (broad SMARTS) is 1. The van der Waals surface area contributed by atoms with E-state index in [1.165, 1.54) is 0 Å². The lowest BCUT2D eigenvalue weighted by molar-refractivity contribution is -0.142. The van der Waals surface area contributed by atoms with E-state index in [9.17, 15) is 32.7 Å². The first-order valence-corrected chi connectivity index (χ1v) is 11.4. The highest BCUT2D eigenvalue weighted by atomic mass is 32.3. The number of fused-ring (bicyclic) bond motifs is 2. The molecule has 5 amide bonds. The van der Waals surface area contributed by atoms with Crippen LogP contribution in [0, 0.1) is 5.41 Å². The highest BCUT2D eigenvalue weighted by Crippen LogP contribution is 2.44. The molecule has 15 heteroatoms. The number of hydroxylamine groups is 2. The minimum atomic E-state index is -4.91. The summed E-state index contributed by atoms with van der Waals surface area (Å²) in [6, 6.07) is -2.58. The molecule has 3 saturated heterocycles. The number of hydrogen-bond donors (Lipinski definition) is 4. The van der Waals surface area contributed by atoms with Gasteiger partial charge in [0, 0.05) is 13.1 Å². The molecule has 0 radical (unpaired) electrons. The van der Waals surface area contributed by atoms with Gasteiger partial charge in [0.2, 0.25) is 0 Å². The van der Waals surface area contributed by atoms with Crippen LogP contribution in [0.1, 0.15) is 46.5 Å². The fraction of sp³-hybridized carbons (Fsp3) is 0.765. The van der Waals surface area contributed by atoms with E-state index in [0.717, 1.165) is 9.80 Å². The lowest BCUT2D eigenvalue weighted by Crippen LogP contribution is -2.66. The summed E-state index contributed by atoms with van der Waals surface area (Å²) in [5, 5.41) is 10.1. The van der Waals surface area contributed by atoms with Gasteiger partial charge < -0.3 is 10.0 Å². The lowest BCUT2D eigenvalue weighted by Gasteiger charge is -2.45. The van der Waals surface area contributed by atoms with Crippen LogP contribution in [0.3, 0.4) is 0 Å². The van der Waals surface area contributed by atoms with E-state index < -0.39 is 57.4 Å². The van der Waals surface area contributed by atoms with Crippen molar-refractivity contribution in [2.45, 2.75) is 64.1 Å². The van der Waals surface area contributed by atoms with Gasteiger partial charge in [0.15, 0.2) is 0 Å². The van der Waals surface area contributed by atoms with Crippen molar-refractivity contribution in [1.82, 2.24) is 25.7 Å². The molecule has 0 aliphatic carbocycles. The Bertz CT molecular complexity index is 933. The Morgan fingerprint density at radius 3 is 2.41 bits per heavy atom. The first-order chi connectivity index (χ1) is 14.7. The van der Waals surface area contributed by atoms with Crippen LogP contribution >= 0.6 is 0 Å². The molecule has 0 saturated carbocycles. The van der Waals surface area contributed by atoms with Gasteiger partial charge in [0.25, 0.3) is 11.8 Å². The van der Waals surface area contributed by atoms with Gasteiger partial charge in [-0.3, -0.25) is 29.9 Å². The number of piperidine rings is 1. The highest BCUT2D eigenvalue weighted by molar-refractivity contribution is 7.80. The molecule has 0 aromatic carbocycles. The number of nitrogens with zero attached hydrogens (tertiary/aromatic N) is 3. The number of hydrazine groups is 1. The summed E-state index contributed by atoms with van der Waals surface area (Å²) in [4.78, 5) is 52.2. The molecule has 3 atom stereocenters. The van der Waals surface area contributed by atoms with Crippen LogP contribution < -0.4 is 10.9 Å². The molecule has 2 bridgehead atoms. The van der Waals surface area contributed by atoms with Gasteiger partial charge in [-0.2, -0.15) is 13.5 Å². The molecule has 3 fully saturated rings. The Kier molecular flexibility index (Phi) is 6.03. The largest absolute Gasteiger partial charge is 0.465 e. The number of urea groups is 1. The fourth-order valence-corrected chi connectivity index (χ4v) is 5.23. The predicted octanol–water partition coefficient (Wildman–Crippen LogP) is -0.304. The standard InChI is InChI=1S/C17H27N5O9S/c1-16(2,3)17(7-4-8-21(17)15(26)27)13(24)19-18-12(23)11-6-5-10-9-20(11)14(25)22(10)31-32(28,29)30/h10-11H,4-9H2,1-3H3,(H,18,23)(H,19,24)(H,26,27)(H,28,29,30)/t10-,11+,17-/m1/s1. The summed E-state index contributed by atoms with van der Waals surface area (Å²) in [7, 11) is -4.91. The number of likely N-dealkylation sites (tertiary alicyclic amines) is 1. The maximum Gasteiger partial charge on any atom is 0.418 e. The fourth-order valence-electron chi connectivity index (χ4n) is 4.84. The normalized spacial score (nSPS) is 28.1. The minimum absolute atomic E-state index is 0.000886. The van der Waals surface area contributed by atoms with Gasteiger partial charge in [0.1, 0.15) is 11.6 Å². The van der Waals surface area contributed by atoms with Crippen LogP contribution in [0.25, 0.3) is 0 Å². The number of hydrogen-bond acceptors (Lipinski definition) is 7. The number of carbonyl (C=O) groups is 4. The summed E-state index contributed by atoms with van der Waals surface area (Å²) in [5.41, 5.74) is 2.42. The Labute approximate surface area is 184 Å². The van der Waals surface area contributed by atoms with E-state index in [1.807, 2.05) is 0 Å². The SMILES string of the molecule is CC(C)(C)[C@]1(C(=O)NNC(=O)[C@@H]2CC[C@@H]3CN2C(=O)N3OS(=O)(=O)O)CCCN1C(=O)O. The first kappa shape index (κ1) is 24.0. The number of rotatable bonds is 4. The molecule has 0 unspecified atom stereocenters. The first-order valence-electron chi connectivity index (χ1n) is 10.1. The molecular formula is C17H27N5O9S. The van der Waals surface area contributed by atoms with Gasteiger partial charge in [-0.15, -0.1) is 4.28 Å². The third-order valence-electron chi connectivity index (χ3n) is 6.33. The van der Waals surface area contributed by atoms with Crippen molar-refractivity contribution < 1.29 is 41.5 Å². The molecule has 3 rings (SSSR count). The van der Waals surface area contributed by atoms with Crippen LogP contribution in [-0.4, -0.2) is 87.6 Å². The second kappa shape index (κ2) is 8.04. The molecule has 14 nitrogen and oxygen atoms in total. The van der Waals surface area contributed by atoms with E-state index >= 15 is 0 Å². The summed E-state index contributed by atoms with van der Waals surface area (Å²) >= 11 is 0. The van der Waals surface area contributed by atoms with Crippen LogP contribution in [0.2, 0.25) is 0 Å². The average Bonchev–Trinajstić information content (AvgIpc) is 3.22. The zero-order chi connectivity index (χ0) is 24.1. The lowest BCUT2D eigenvalue weighted by atomic mass is 9.71. The van der Waals surface area contributed by atoms with Crippen LogP contribution in [0.4, 0.5) is 9.59 Å². The topological polar surface area (TPSA) is 186 Å². The highest BCUT2D eigenvalue weighted by Gasteiger charge is 2.57. The quantitative estimate of drug-likeness (QED) is 0.311. The molecule has 3 aliphatic heterocycles. The molecular weight excluding hydrogens is 450 g/mol. The molecule has 4 N–H and O–H groups in total. The maximum atomic E-state index is 13.1. The van der Waals surface area contributed by atoms with Gasteiger partial charge in [0.05, 0.1) is 6.04 Å². The molecule has 0 aromatic heterocycles. The minimum Gasteiger partial charge on any atom is -0.465 e. The molecule has 32 heavy (non-hydrogen) atoms. The van der Waals surface area contributed by atoms with Crippen molar-refractivity contribution in [2.75, 3.05) is 13.1 Å². The van der Waals surface area contributed by atoms with Crippen LogP contribution in [-0.2, 0) is 24.3 Å². The summed E-state index contributed by atoms with van der Waals surface area (Å²) in [5.74, 6) is -1.40. The van der Waals surface area contributed by atoms with E-state index in [4.69, 9.17) is 4.55 Å². The van der Waals surface area contributed by atoms with Crippen molar-refractivity contribution in [2.24, 2.45) is 5.41 Å². The van der Waals surface area contributed by atoms with Gasteiger partial charge >= 0.3 is 22.5 Å². The molecule has 0 aromatic rings. The second-order valence-electron chi connectivity index (χ2n) is 9.10. The Hall–Kier alpha value is -2.65. The van der Waals surface area contributed by atoms with Crippen molar-refractivity contribution in [1.29, 1.82) is 0 Å².